The highest BCUT2D eigenvalue weighted by molar-refractivity contribution is 7.57. The van der Waals surface area contributed by atoms with E-state index in [2.05, 4.69) is 9.84 Å². The molecule has 0 aliphatic heterocycles. The molecule has 0 atom stereocenters. The van der Waals surface area contributed by atoms with Gasteiger partial charge in [-0.1, -0.05) is 23.2 Å². The second kappa shape index (κ2) is 10.00. The van der Waals surface area contributed by atoms with Crippen LogP contribution in [-0.4, -0.2) is 29.6 Å². The van der Waals surface area contributed by atoms with E-state index in [4.69, 9.17) is 32.2 Å². The fourth-order valence-electron chi connectivity index (χ4n) is 2.40. The highest BCUT2D eigenvalue weighted by Gasteiger charge is 2.24. The zero-order valence-corrected chi connectivity index (χ0v) is 18.1. The van der Waals surface area contributed by atoms with Crippen molar-refractivity contribution in [2.45, 2.75) is 20.5 Å². The van der Waals surface area contributed by atoms with Crippen LogP contribution in [0.3, 0.4) is 0 Å². The standard InChI is InChI=1S/C17H18Cl2F3N2O4P/c1-4-26-29(25,27-5-2)7-6-10-8-11(13(20)9-12(10)18)15-14(19)16(24(3)23-15)28-17(21)22/h6-9,17H,4-5H2,1-3H3/b7-6+. The van der Waals surface area contributed by atoms with Crippen LogP contribution in [0.2, 0.25) is 10.0 Å². The number of hydrogen-bond donors (Lipinski definition) is 0. The summed E-state index contributed by atoms with van der Waals surface area (Å²) in [7, 11) is -2.19. The molecule has 0 fully saturated rings. The van der Waals surface area contributed by atoms with Gasteiger partial charge in [-0.15, -0.1) is 0 Å². The van der Waals surface area contributed by atoms with Crippen molar-refractivity contribution in [1.29, 1.82) is 0 Å². The molecule has 2 aromatic rings. The number of halogens is 5. The third-order valence-corrected chi connectivity index (χ3v) is 5.95. The topological polar surface area (TPSA) is 62.6 Å². The van der Waals surface area contributed by atoms with Crippen molar-refractivity contribution in [2.75, 3.05) is 13.2 Å². The molecule has 2 rings (SSSR count). The van der Waals surface area contributed by atoms with Gasteiger partial charge in [0.15, 0.2) is 0 Å². The van der Waals surface area contributed by atoms with Crippen LogP contribution in [0.4, 0.5) is 13.2 Å². The first-order valence-corrected chi connectivity index (χ1v) is 10.7. The molecule has 1 aromatic carbocycles. The maximum atomic E-state index is 14.5. The number of alkyl halides is 2. The highest BCUT2D eigenvalue weighted by atomic mass is 35.5. The summed E-state index contributed by atoms with van der Waals surface area (Å²) in [6, 6.07) is 2.29. The monoisotopic (exact) mass is 472 g/mol. The minimum absolute atomic E-state index is 0.0122. The Morgan fingerprint density at radius 3 is 2.41 bits per heavy atom. The van der Waals surface area contributed by atoms with Crippen molar-refractivity contribution >= 4 is 36.9 Å². The van der Waals surface area contributed by atoms with Crippen LogP contribution in [0.15, 0.2) is 17.9 Å². The molecule has 6 nitrogen and oxygen atoms in total. The Morgan fingerprint density at radius 1 is 1.24 bits per heavy atom. The molecular formula is C17H18Cl2F3N2O4P. The Bertz CT molecular complexity index is 943. The van der Waals surface area contributed by atoms with E-state index in [1.807, 2.05) is 0 Å². The third-order valence-electron chi connectivity index (χ3n) is 3.54. The van der Waals surface area contributed by atoms with Gasteiger partial charge in [-0.25, -0.2) is 9.07 Å². The summed E-state index contributed by atoms with van der Waals surface area (Å²) in [5.41, 5.74) is 0.0357. The smallest absolute Gasteiger partial charge is 0.388 e. The summed E-state index contributed by atoms with van der Waals surface area (Å²) >= 11 is 12.1. The van der Waals surface area contributed by atoms with Crippen LogP contribution in [0, 0.1) is 5.82 Å². The zero-order valence-electron chi connectivity index (χ0n) is 15.7. The quantitative estimate of drug-likeness (QED) is 0.396. The Balaban J connectivity index is 2.50. The molecule has 0 N–H and O–H groups in total. The van der Waals surface area contributed by atoms with E-state index in [0.29, 0.717) is 0 Å². The Labute approximate surface area is 175 Å². The Hall–Kier alpha value is -1.51. The second-order valence-corrected chi connectivity index (χ2v) is 8.19. The highest BCUT2D eigenvalue weighted by Crippen LogP contribution is 2.50. The molecule has 0 bridgehead atoms. The first kappa shape index (κ1) is 23.8. The maximum absolute atomic E-state index is 14.5. The molecule has 29 heavy (non-hydrogen) atoms. The Morgan fingerprint density at radius 2 is 1.86 bits per heavy atom. The lowest BCUT2D eigenvalue weighted by atomic mass is 10.1. The molecule has 0 saturated carbocycles. The zero-order chi connectivity index (χ0) is 21.8. The fourth-order valence-corrected chi connectivity index (χ4v) is 4.23. The average Bonchev–Trinajstić information content (AvgIpc) is 2.89. The third kappa shape index (κ3) is 5.77. The lowest BCUT2D eigenvalue weighted by Crippen LogP contribution is -2.06. The molecule has 1 aromatic heterocycles. The van der Waals surface area contributed by atoms with Gasteiger partial charge in [0.05, 0.1) is 18.2 Å². The number of aryl methyl sites for hydroxylation is 1. The van der Waals surface area contributed by atoms with E-state index >= 15 is 0 Å². The predicted octanol–water partition coefficient (Wildman–Crippen LogP) is 6.37. The van der Waals surface area contributed by atoms with Gasteiger partial charge in [-0.3, -0.25) is 4.57 Å². The van der Waals surface area contributed by atoms with Crippen LogP contribution >= 0.6 is 30.8 Å². The SMILES string of the molecule is CCOP(=O)(/C=C/c1cc(-c2nn(C)c(OC(F)F)c2Cl)c(F)cc1Cl)OCC. The van der Waals surface area contributed by atoms with E-state index < -0.39 is 25.9 Å². The maximum Gasteiger partial charge on any atom is 0.388 e. The molecule has 0 saturated heterocycles. The second-order valence-electron chi connectivity index (χ2n) is 5.51. The molecule has 12 heteroatoms. The van der Waals surface area contributed by atoms with E-state index in [-0.39, 0.29) is 40.1 Å². The van der Waals surface area contributed by atoms with Crippen LogP contribution in [0.1, 0.15) is 19.4 Å². The first-order valence-electron chi connectivity index (χ1n) is 8.36. The van der Waals surface area contributed by atoms with Gasteiger partial charge >= 0.3 is 14.2 Å². The van der Waals surface area contributed by atoms with Crippen LogP contribution in [0.25, 0.3) is 17.3 Å². The van der Waals surface area contributed by atoms with Gasteiger partial charge in [0.25, 0.3) is 0 Å². The normalized spacial score (nSPS) is 12.3. The summed E-state index contributed by atoms with van der Waals surface area (Å²) in [4.78, 5) is 0. The lowest BCUT2D eigenvalue weighted by Gasteiger charge is -2.13. The number of hydrogen-bond acceptors (Lipinski definition) is 5. The van der Waals surface area contributed by atoms with Crippen LogP contribution < -0.4 is 4.74 Å². The predicted molar refractivity (Wildman–Crippen MR) is 105 cm³/mol. The van der Waals surface area contributed by atoms with E-state index in [0.717, 1.165) is 10.7 Å². The summed E-state index contributed by atoms with van der Waals surface area (Å²) in [5.74, 6) is 0.00250. The lowest BCUT2D eigenvalue weighted by molar-refractivity contribution is -0.0552. The van der Waals surface area contributed by atoms with Crippen LogP contribution in [-0.2, 0) is 20.7 Å². The van der Waals surface area contributed by atoms with Crippen LogP contribution in [0.5, 0.6) is 5.88 Å². The van der Waals surface area contributed by atoms with Crippen molar-refractivity contribution in [1.82, 2.24) is 9.78 Å². The molecule has 0 radical (unpaired) electrons. The van der Waals surface area contributed by atoms with Gasteiger partial charge < -0.3 is 13.8 Å². The van der Waals surface area contributed by atoms with Crippen molar-refractivity contribution in [3.63, 3.8) is 0 Å². The van der Waals surface area contributed by atoms with Crippen molar-refractivity contribution < 1.29 is 31.5 Å². The summed E-state index contributed by atoms with van der Waals surface area (Å²) in [6.45, 7) is 0.492. The van der Waals surface area contributed by atoms with E-state index in [1.165, 1.54) is 25.0 Å². The van der Waals surface area contributed by atoms with E-state index in [1.54, 1.807) is 13.8 Å². The minimum Gasteiger partial charge on any atom is -0.416 e. The van der Waals surface area contributed by atoms with Gasteiger partial charge in [0.2, 0.25) is 5.88 Å². The minimum atomic E-state index is -3.51. The molecule has 0 unspecified atom stereocenters. The summed E-state index contributed by atoms with van der Waals surface area (Å²) in [6.07, 6.45) is 1.35. The molecular weight excluding hydrogens is 455 g/mol. The van der Waals surface area contributed by atoms with Gasteiger partial charge in [-0.05, 0) is 37.6 Å². The number of benzene rings is 1. The molecule has 0 spiro atoms. The summed E-state index contributed by atoms with van der Waals surface area (Å²) in [5, 5.41) is 3.67. The molecule has 0 amide bonds. The largest absolute Gasteiger partial charge is 0.416 e. The van der Waals surface area contributed by atoms with Gasteiger partial charge in [-0.2, -0.15) is 13.9 Å². The van der Waals surface area contributed by atoms with Crippen molar-refractivity contribution in [3.8, 4) is 17.1 Å². The average molecular weight is 473 g/mol. The molecule has 0 aliphatic carbocycles. The molecule has 1 heterocycles. The number of rotatable bonds is 9. The van der Waals surface area contributed by atoms with Gasteiger partial charge in [0, 0.05) is 18.4 Å². The van der Waals surface area contributed by atoms with Crippen molar-refractivity contribution in [2.24, 2.45) is 7.05 Å². The van der Waals surface area contributed by atoms with Crippen molar-refractivity contribution in [3.05, 3.63) is 39.4 Å². The molecule has 0 aliphatic rings. The number of aromatic nitrogens is 2. The molecule has 160 valence electrons. The number of nitrogens with zero attached hydrogens (tertiary/aromatic N) is 2. The first-order chi connectivity index (χ1) is 13.6. The fraction of sp³-hybridized carbons (Fsp3) is 0.353. The Kier molecular flexibility index (Phi) is 8.19. The summed E-state index contributed by atoms with van der Waals surface area (Å²) < 4.78 is 67.7. The van der Waals surface area contributed by atoms with Gasteiger partial charge in [0.1, 0.15) is 16.5 Å². The number of ether oxygens (including phenoxy) is 1. The van der Waals surface area contributed by atoms with E-state index in [9.17, 15) is 17.7 Å².